The Bertz CT molecular complexity index is 1650. The van der Waals surface area contributed by atoms with Gasteiger partial charge in [0.1, 0.15) is 10.8 Å². The quantitative estimate of drug-likeness (QED) is 0.181. The number of nitrogens with one attached hydrogen (secondary N) is 2. The topological polar surface area (TPSA) is 115 Å². The lowest BCUT2D eigenvalue weighted by atomic mass is 10.1. The van der Waals surface area contributed by atoms with E-state index in [1.807, 2.05) is 31.2 Å². The summed E-state index contributed by atoms with van der Waals surface area (Å²) in [6, 6.07) is 13.4. The van der Waals surface area contributed by atoms with Gasteiger partial charge in [0.25, 0.3) is 5.91 Å². The van der Waals surface area contributed by atoms with Crippen LogP contribution in [0.2, 0.25) is 0 Å². The Kier molecular flexibility index (Phi) is 9.03. The zero-order valence-electron chi connectivity index (χ0n) is 23.4. The van der Waals surface area contributed by atoms with Crippen molar-refractivity contribution in [1.29, 1.82) is 0 Å². The number of rotatable bonds is 10. The lowest BCUT2D eigenvalue weighted by Crippen LogP contribution is -2.26. The maximum atomic E-state index is 14.1. The molecule has 0 aliphatic heterocycles. The minimum absolute atomic E-state index is 0.0150. The number of halogens is 1. The van der Waals surface area contributed by atoms with Crippen molar-refractivity contribution >= 4 is 45.9 Å². The van der Waals surface area contributed by atoms with Crippen molar-refractivity contribution in [1.82, 2.24) is 20.1 Å². The van der Waals surface area contributed by atoms with Crippen LogP contribution in [-0.2, 0) is 28.9 Å². The lowest BCUT2D eigenvalue weighted by molar-refractivity contribution is -0.115. The number of fused-ring (bicyclic) bond motifs is 1. The van der Waals surface area contributed by atoms with Crippen molar-refractivity contribution in [3.63, 3.8) is 0 Å². The van der Waals surface area contributed by atoms with Gasteiger partial charge in [0.2, 0.25) is 5.91 Å². The second-order valence-electron chi connectivity index (χ2n) is 9.77. The smallest absolute Gasteiger partial charge is 0.341 e. The number of esters is 1. The molecule has 0 saturated heterocycles. The van der Waals surface area contributed by atoms with Gasteiger partial charge in [0, 0.05) is 10.6 Å². The number of aryl methyl sites for hydroxylation is 2. The summed E-state index contributed by atoms with van der Waals surface area (Å²) >= 11 is 2.63. The highest BCUT2D eigenvalue weighted by molar-refractivity contribution is 8.00. The summed E-state index contributed by atoms with van der Waals surface area (Å²) in [6.07, 6.45) is 2.64. The molecular formula is C30H30FN5O4S2. The molecule has 0 spiro atoms. The molecule has 0 saturated carbocycles. The summed E-state index contributed by atoms with van der Waals surface area (Å²) in [5.41, 5.74) is 3.11. The maximum absolute atomic E-state index is 14.1. The molecule has 2 N–H and O–H groups in total. The van der Waals surface area contributed by atoms with Crippen LogP contribution >= 0.6 is 23.1 Å². The van der Waals surface area contributed by atoms with Crippen LogP contribution in [0.15, 0.2) is 53.7 Å². The minimum atomic E-state index is -0.617. The van der Waals surface area contributed by atoms with Gasteiger partial charge in [-0.25, -0.2) is 9.18 Å². The predicted octanol–water partition coefficient (Wildman–Crippen LogP) is 5.49. The van der Waals surface area contributed by atoms with E-state index in [0.29, 0.717) is 21.5 Å². The molecule has 0 fully saturated rings. The van der Waals surface area contributed by atoms with E-state index in [4.69, 9.17) is 4.74 Å². The number of hydrogen-bond donors (Lipinski definition) is 2. The van der Waals surface area contributed by atoms with Crippen LogP contribution in [0.5, 0.6) is 0 Å². The lowest BCUT2D eigenvalue weighted by Gasteiger charge is -2.15. The van der Waals surface area contributed by atoms with Gasteiger partial charge in [0.05, 0.1) is 29.5 Å². The summed E-state index contributed by atoms with van der Waals surface area (Å²) in [7, 11) is 0. The molecule has 2 amide bonds. The van der Waals surface area contributed by atoms with Gasteiger partial charge in [-0.3, -0.25) is 14.2 Å². The molecule has 4 aromatic rings. The van der Waals surface area contributed by atoms with Gasteiger partial charge in [-0.2, -0.15) is 0 Å². The van der Waals surface area contributed by atoms with Crippen molar-refractivity contribution in [2.24, 2.45) is 0 Å². The number of ether oxygens (including phenoxy) is 1. The van der Waals surface area contributed by atoms with E-state index in [0.717, 1.165) is 41.0 Å². The van der Waals surface area contributed by atoms with Crippen LogP contribution in [0, 0.1) is 12.7 Å². The van der Waals surface area contributed by atoms with Gasteiger partial charge in [0.15, 0.2) is 11.0 Å². The highest BCUT2D eigenvalue weighted by Gasteiger charge is 2.30. The first-order chi connectivity index (χ1) is 20.3. The van der Waals surface area contributed by atoms with Gasteiger partial charge in [-0.1, -0.05) is 36.0 Å². The standard InChI is InChI=1S/C30H30FN5O4S2/c1-4-40-29(39)25-21-12-8-14-23(21)42-28(25)33-26(37)18(3)41-30-35-34-24(36(30)19-10-7-9-17(2)15-19)16-32-27(38)20-11-5-6-13-22(20)31/h5-7,9-11,13,15,18H,4,8,12,14,16H2,1-3H3,(H,32,38)(H,33,37)/t18-/m0/s1. The van der Waals surface area contributed by atoms with Crippen LogP contribution in [0.25, 0.3) is 5.69 Å². The first kappa shape index (κ1) is 29.5. The van der Waals surface area contributed by atoms with Crippen LogP contribution in [0.4, 0.5) is 9.39 Å². The number of aromatic nitrogens is 3. The molecule has 0 unspecified atom stereocenters. The van der Waals surface area contributed by atoms with E-state index in [1.54, 1.807) is 24.5 Å². The van der Waals surface area contributed by atoms with E-state index >= 15 is 0 Å². The maximum Gasteiger partial charge on any atom is 0.341 e. The van der Waals surface area contributed by atoms with Crippen LogP contribution in [0.3, 0.4) is 0 Å². The Labute approximate surface area is 250 Å². The Morgan fingerprint density at radius 1 is 1.14 bits per heavy atom. The molecule has 1 aliphatic rings. The normalized spacial score (nSPS) is 13.0. The monoisotopic (exact) mass is 607 g/mol. The fourth-order valence-electron chi connectivity index (χ4n) is 4.75. The number of benzene rings is 2. The molecule has 9 nitrogen and oxygen atoms in total. The Morgan fingerprint density at radius 3 is 2.71 bits per heavy atom. The SMILES string of the molecule is CCOC(=O)c1c(NC(=O)[C@H](C)Sc2nnc(CNC(=O)c3ccccc3F)n2-c2cccc(C)c2)sc2c1CCC2. The number of amides is 2. The molecule has 12 heteroatoms. The third-order valence-corrected chi connectivity index (χ3v) is 9.02. The molecule has 2 heterocycles. The average Bonchev–Trinajstić information content (AvgIpc) is 3.66. The summed E-state index contributed by atoms with van der Waals surface area (Å²) in [5, 5.41) is 14.6. The van der Waals surface area contributed by atoms with Crippen molar-refractivity contribution in [2.75, 3.05) is 11.9 Å². The van der Waals surface area contributed by atoms with Crippen LogP contribution in [0.1, 0.15) is 62.8 Å². The number of thioether (sulfide) groups is 1. The van der Waals surface area contributed by atoms with Crippen molar-refractivity contribution in [3.05, 3.63) is 87.3 Å². The number of nitrogens with zero attached hydrogens (tertiary/aromatic N) is 3. The van der Waals surface area contributed by atoms with Gasteiger partial charge in [-0.15, -0.1) is 21.5 Å². The minimum Gasteiger partial charge on any atom is -0.462 e. The zero-order valence-corrected chi connectivity index (χ0v) is 25.0. The van der Waals surface area contributed by atoms with Gasteiger partial charge < -0.3 is 15.4 Å². The third kappa shape index (κ3) is 6.24. The van der Waals surface area contributed by atoms with Crippen molar-refractivity contribution in [3.8, 4) is 5.69 Å². The Balaban J connectivity index is 1.37. The highest BCUT2D eigenvalue weighted by atomic mass is 32.2. The first-order valence-electron chi connectivity index (χ1n) is 13.6. The fraction of sp³-hybridized carbons (Fsp3) is 0.300. The highest BCUT2D eigenvalue weighted by Crippen LogP contribution is 2.40. The molecule has 2 aromatic carbocycles. The second-order valence-corrected chi connectivity index (χ2v) is 12.2. The molecule has 42 heavy (non-hydrogen) atoms. The van der Waals surface area contributed by atoms with E-state index < -0.39 is 22.9 Å². The Hall–Kier alpha value is -4.03. The van der Waals surface area contributed by atoms with E-state index in [9.17, 15) is 18.8 Å². The molecule has 5 rings (SSSR count). The van der Waals surface area contributed by atoms with E-state index in [-0.39, 0.29) is 24.6 Å². The number of anilines is 1. The first-order valence-corrected chi connectivity index (χ1v) is 15.3. The average molecular weight is 608 g/mol. The predicted molar refractivity (Wildman–Crippen MR) is 160 cm³/mol. The van der Waals surface area contributed by atoms with Crippen molar-refractivity contribution in [2.45, 2.75) is 57.0 Å². The van der Waals surface area contributed by atoms with Crippen molar-refractivity contribution < 1.29 is 23.5 Å². The largest absolute Gasteiger partial charge is 0.462 e. The van der Waals surface area contributed by atoms with E-state index in [2.05, 4.69) is 20.8 Å². The molecule has 1 atom stereocenters. The molecule has 1 aliphatic carbocycles. The fourth-order valence-corrected chi connectivity index (χ4v) is 6.92. The van der Waals surface area contributed by atoms with Gasteiger partial charge >= 0.3 is 5.97 Å². The van der Waals surface area contributed by atoms with Gasteiger partial charge in [-0.05, 0) is 75.4 Å². The summed E-state index contributed by atoms with van der Waals surface area (Å²) in [4.78, 5) is 39.9. The molecular weight excluding hydrogens is 577 g/mol. The number of carbonyl (C=O) groups is 3. The molecule has 218 valence electrons. The van der Waals surface area contributed by atoms with E-state index in [1.165, 1.54) is 41.3 Å². The second kappa shape index (κ2) is 12.9. The number of thiophene rings is 1. The molecule has 0 bridgehead atoms. The Morgan fingerprint density at radius 2 is 1.95 bits per heavy atom. The van der Waals surface area contributed by atoms with Crippen LogP contribution in [-0.4, -0.2) is 44.4 Å². The number of carbonyl (C=O) groups excluding carboxylic acids is 3. The summed E-state index contributed by atoms with van der Waals surface area (Å²) in [6.45, 7) is 5.70. The molecule has 0 radical (unpaired) electrons. The number of hydrogen-bond acceptors (Lipinski definition) is 8. The third-order valence-electron chi connectivity index (χ3n) is 6.77. The summed E-state index contributed by atoms with van der Waals surface area (Å²) < 4.78 is 21.2. The van der Waals surface area contributed by atoms with Crippen LogP contribution < -0.4 is 10.6 Å². The molecule has 2 aromatic heterocycles. The zero-order chi connectivity index (χ0) is 29.8. The summed E-state index contributed by atoms with van der Waals surface area (Å²) in [5.74, 6) is -1.49.